The van der Waals surface area contributed by atoms with Crippen molar-refractivity contribution in [2.45, 2.75) is 19.4 Å². The number of hydrogen-bond donors (Lipinski definition) is 2. The third-order valence-electron chi connectivity index (χ3n) is 3.72. The van der Waals surface area contributed by atoms with Crippen molar-refractivity contribution in [1.82, 2.24) is 5.32 Å². The molecule has 2 aromatic carbocycles. The lowest BCUT2D eigenvalue weighted by Crippen LogP contribution is -2.21. The first-order valence-corrected chi connectivity index (χ1v) is 7.38. The molecule has 0 aromatic heterocycles. The lowest BCUT2D eigenvalue weighted by Gasteiger charge is -2.16. The number of nitrogens with one attached hydrogen (secondary N) is 1. The van der Waals surface area contributed by atoms with Crippen LogP contribution in [0.1, 0.15) is 24.1 Å². The standard InChI is InChI=1S/C18H23NO3/c1-13(15-6-4-5-7-16(15)20)19-11-10-14-8-9-17(21-2)18(12-14)22-3/h4-9,12-13,19-20H,10-11H2,1-3H3. The van der Waals surface area contributed by atoms with E-state index < -0.39 is 0 Å². The fourth-order valence-electron chi connectivity index (χ4n) is 2.43. The van der Waals surface area contributed by atoms with Crippen molar-refractivity contribution in [3.63, 3.8) is 0 Å². The minimum absolute atomic E-state index is 0.0985. The van der Waals surface area contributed by atoms with Crippen LogP contribution < -0.4 is 14.8 Å². The number of phenolic OH excluding ortho intramolecular Hbond substituents is 1. The highest BCUT2D eigenvalue weighted by atomic mass is 16.5. The molecule has 22 heavy (non-hydrogen) atoms. The van der Waals surface area contributed by atoms with Gasteiger partial charge in [0.1, 0.15) is 5.75 Å². The minimum atomic E-state index is 0.0985. The fraction of sp³-hybridized carbons (Fsp3) is 0.333. The molecule has 0 fully saturated rings. The highest BCUT2D eigenvalue weighted by molar-refractivity contribution is 5.43. The van der Waals surface area contributed by atoms with E-state index in [-0.39, 0.29) is 6.04 Å². The molecule has 0 aliphatic heterocycles. The Labute approximate surface area is 131 Å². The van der Waals surface area contributed by atoms with Crippen LogP contribution in [0, 0.1) is 0 Å². The second-order valence-corrected chi connectivity index (χ2v) is 5.17. The van der Waals surface area contributed by atoms with Crippen molar-refractivity contribution >= 4 is 0 Å². The molecule has 1 atom stereocenters. The van der Waals surface area contributed by atoms with Crippen LogP contribution in [0.15, 0.2) is 42.5 Å². The molecule has 0 amide bonds. The van der Waals surface area contributed by atoms with Crippen LogP contribution in [0.25, 0.3) is 0 Å². The first kappa shape index (κ1) is 16.2. The zero-order chi connectivity index (χ0) is 15.9. The van der Waals surface area contributed by atoms with E-state index in [2.05, 4.69) is 5.32 Å². The summed E-state index contributed by atoms with van der Waals surface area (Å²) in [6, 6.07) is 13.4. The maximum absolute atomic E-state index is 9.85. The Hall–Kier alpha value is -2.20. The van der Waals surface area contributed by atoms with Crippen LogP contribution >= 0.6 is 0 Å². The molecule has 0 bridgehead atoms. The maximum Gasteiger partial charge on any atom is 0.160 e. The normalized spacial score (nSPS) is 12.0. The number of para-hydroxylation sites is 1. The Morgan fingerprint density at radius 3 is 2.45 bits per heavy atom. The van der Waals surface area contributed by atoms with Crippen molar-refractivity contribution in [2.75, 3.05) is 20.8 Å². The summed E-state index contributed by atoms with van der Waals surface area (Å²) in [6.07, 6.45) is 0.873. The van der Waals surface area contributed by atoms with Gasteiger partial charge in [-0.25, -0.2) is 0 Å². The monoisotopic (exact) mass is 301 g/mol. The Balaban J connectivity index is 1.92. The third kappa shape index (κ3) is 3.92. The first-order valence-electron chi connectivity index (χ1n) is 7.38. The van der Waals surface area contributed by atoms with Gasteiger partial charge in [-0.05, 0) is 43.7 Å². The second-order valence-electron chi connectivity index (χ2n) is 5.17. The van der Waals surface area contributed by atoms with Crippen LogP contribution in [-0.4, -0.2) is 25.9 Å². The van der Waals surface area contributed by atoms with Crippen molar-refractivity contribution in [2.24, 2.45) is 0 Å². The van der Waals surface area contributed by atoms with Crippen molar-refractivity contribution in [3.05, 3.63) is 53.6 Å². The summed E-state index contributed by atoms with van der Waals surface area (Å²) in [5, 5.41) is 13.3. The van der Waals surface area contributed by atoms with Crippen LogP contribution in [0.5, 0.6) is 17.2 Å². The molecule has 0 saturated carbocycles. The van der Waals surface area contributed by atoms with Crippen molar-refractivity contribution < 1.29 is 14.6 Å². The Bertz CT molecular complexity index is 613. The van der Waals surface area contributed by atoms with E-state index in [4.69, 9.17) is 9.47 Å². The third-order valence-corrected chi connectivity index (χ3v) is 3.72. The smallest absolute Gasteiger partial charge is 0.160 e. The summed E-state index contributed by atoms with van der Waals surface area (Å²) in [5.74, 6) is 1.81. The summed E-state index contributed by atoms with van der Waals surface area (Å²) >= 11 is 0. The number of hydrogen-bond acceptors (Lipinski definition) is 4. The molecule has 2 aromatic rings. The van der Waals surface area contributed by atoms with Crippen LogP contribution in [0.3, 0.4) is 0 Å². The fourth-order valence-corrected chi connectivity index (χ4v) is 2.43. The molecule has 1 unspecified atom stereocenters. The van der Waals surface area contributed by atoms with Gasteiger partial charge in [0.05, 0.1) is 14.2 Å². The van der Waals surface area contributed by atoms with Crippen molar-refractivity contribution in [1.29, 1.82) is 0 Å². The van der Waals surface area contributed by atoms with Crippen LogP contribution in [-0.2, 0) is 6.42 Å². The number of rotatable bonds is 7. The number of benzene rings is 2. The SMILES string of the molecule is COc1ccc(CCNC(C)c2ccccc2O)cc1OC. The zero-order valence-electron chi connectivity index (χ0n) is 13.3. The summed E-state index contributed by atoms with van der Waals surface area (Å²) in [6.45, 7) is 2.86. The van der Waals surface area contributed by atoms with E-state index in [0.29, 0.717) is 5.75 Å². The van der Waals surface area contributed by atoms with Crippen LogP contribution in [0.2, 0.25) is 0 Å². The quantitative estimate of drug-likeness (QED) is 0.824. The highest BCUT2D eigenvalue weighted by Gasteiger charge is 2.09. The van der Waals surface area contributed by atoms with Gasteiger partial charge in [0, 0.05) is 11.6 Å². The van der Waals surface area contributed by atoms with E-state index in [0.717, 1.165) is 30.0 Å². The minimum Gasteiger partial charge on any atom is -0.508 e. The molecule has 0 saturated heterocycles. The highest BCUT2D eigenvalue weighted by Crippen LogP contribution is 2.28. The van der Waals surface area contributed by atoms with E-state index >= 15 is 0 Å². The summed E-state index contributed by atoms with van der Waals surface area (Å²) in [5.41, 5.74) is 2.09. The molecule has 2 rings (SSSR count). The van der Waals surface area contributed by atoms with E-state index in [9.17, 15) is 5.11 Å². The van der Waals surface area contributed by atoms with Gasteiger partial charge in [-0.15, -0.1) is 0 Å². The molecule has 4 nitrogen and oxygen atoms in total. The maximum atomic E-state index is 9.85. The Kier molecular flexibility index (Phi) is 5.67. The molecule has 0 aliphatic rings. The Morgan fingerprint density at radius 1 is 1.05 bits per heavy atom. The molecule has 0 spiro atoms. The predicted octanol–water partition coefficient (Wildman–Crippen LogP) is 3.30. The van der Waals surface area contributed by atoms with Gasteiger partial charge < -0.3 is 19.9 Å². The number of aromatic hydroxyl groups is 1. The van der Waals surface area contributed by atoms with Crippen LogP contribution in [0.4, 0.5) is 0 Å². The van der Waals surface area contributed by atoms with E-state index in [1.165, 1.54) is 5.56 Å². The first-order chi connectivity index (χ1) is 10.7. The van der Waals surface area contributed by atoms with E-state index in [1.807, 2.05) is 43.3 Å². The number of methoxy groups -OCH3 is 2. The zero-order valence-corrected chi connectivity index (χ0v) is 13.3. The average Bonchev–Trinajstić information content (AvgIpc) is 2.55. The lowest BCUT2D eigenvalue weighted by atomic mass is 10.1. The van der Waals surface area contributed by atoms with Gasteiger partial charge in [-0.2, -0.15) is 0 Å². The molecular weight excluding hydrogens is 278 g/mol. The van der Waals surface area contributed by atoms with Gasteiger partial charge in [0.25, 0.3) is 0 Å². The van der Waals surface area contributed by atoms with Crippen molar-refractivity contribution in [3.8, 4) is 17.2 Å². The summed E-state index contributed by atoms with van der Waals surface area (Å²) in [7, 11) is 3.27. The largest absolute Gasteiger partial charge is 0.508 e. The molecule has 0 aliphatic carbocycles. The summed E-state index contributed by atoms with van der Waals surface area (Å²) in [4.78, 5) is 0. The molecule has 0 radical (unpaired) electrons. The average molecular weight is 301 g/mol. The van der Waals surface area contributed by atoms with Gasteiger partial charge in [-0.3, -0.25) is 0 Å². The number of ether oxygens (including phenoxy) is 2. The molecule has 0 heterocycles. The summed E-state index contributed by atoms with van der Waals surface area (Å²) < 4.78 is 10.5. The molecule has 2 N–H and O–H groups in total. The van der Waals surface area contributed by atoms with E-state index in [1.54, 1.807) is 20.3 Å². The predicted molar refractivity (Wildman–Crippen MR) is 87.8 cm³/mol. The second kappa shape index (κ2) is 7.71. The molecule has 4 heteroatoms. The van der Waals surface area contributed by atoms with Gasteiger partial charge >= 0.3 is 0 Å². The topological polar surface area (TPSA) is 50.7 Å². The van der Waals surface area contributed by atoms with Gasteiger partial charge in [-0.1, -0.05) is 24.3 Å². The van der Waals surface area contributed by atoms with Gasteiger partial charge in [0.15, 0.2) is 11.5 Å². The molecular formula is C18H23NO3. The van der Waals surface area contributed by atoms with Gasteiger partial charge in [0.2, 0.25) is 0 Å². The molecule has 118 valence electrons. The number of phenols is 1. The Morgan fingerprint density at radius 2 is 1.77 bits per heavy atom. The lowest BCUT2D eigenvalue weighted by molar-refractivity contribution is 0.354.